The van der Waals surface area contributed by atoms with Crippen molar-refractivity contribution in [2.45, 2.75) is 151 Å². The van der Waals surface area contributed by atoms with E-state index in [1.165, 1.54) is 11.8 Å². The summed E-state index contributed by atoms with van der Waals surface area (Å²) in [5, 5.41) is 144. The minimum atomic E-state index is -4.40. The average molecular weight is 1750 g/mol. The molecule has 9 rings (SSSR count). The van der Waals surface area contributed by atoms with Crippen molar-refractivity contribution in [1.29, 1.82) is 0 Å². The number of anilines is 1. The van der Waals surface area contributed by atoms with Gasteiger partial charge in [0.1, 0.15) is 63.3 Å². The molecule has 1 saturated heterocycles. The van der Waals surface area contributed by atoms with Crippen LogP contribution in [0.15, 0.2) is 180 Å². The molecule has 122 heavy (non-hydrogen) atoms. The van der Waals surface area contributed by atoms with E-state index in [4.69, 9.17) is 122 Å². The molecule has 0 spiro atoms. The summed E-state index contributed by atoms with van der Waals surface area (Å²) in [4.78, 5) is 2.01. The summed E-state index contributed by atoms with van der Waals surface area (Å²) in [5.74, 6) is 10.6. The second-order valence-electron chi connectivity index (χ2n) is 26.7. The first-order valence-electron chi connectivity index (χ1n) is 39.1. The van der Waals surface area contributed by atoms with Gasteiger partial charge in [0, 0.05) is 75.7 Å². The highest BCUT2D eigenvalue weighted by Gasteiger charge is 2.55. The fourth-order valence-electron chi connectivity index (χ4n) is 8.16. The van der Waals surface area contributed by atoms with Gasteiger partial charge in [0.15, 0.2) is 0 Å². The summed E-state index contributed by atoms with van der Waals surface area (Å²) in [6.07, 6.45) is 13.2. The number of rotatable bonds is 22. The van der Waals surface area contributed by atoms with E-state index in [1.54, 1.807) is 82.9 Å². The number of terminal acetylenes is 2. The Morgan fingerprint density at radius 2 is 1.12 bits per heavy atom. The van der Waals surface area contributed by atoms with Crippen molar-refractivity contribution in [2.24, 2.45) is 17.1 Å². The van der Waals surface area contributed by atoms with Crippen molar-refractivity contribution >= 4 is 13.8 Å². The van der Waals surface area contributed by atoms with Crippen LogP contribution in [0.2, 0.25) is 19.6 Å². The lowest BCUT2D eigenvalue weighted by Crippen LogP contribution is -2.16. The van der Waals surface area contributed by atoms with Gasteiger partial charge in [-0.25, -0.2) is 0 Å². The van der Waals surface area contributed by atoms with E-state index in [0.717, 1.165) is 109 Å². The topological polar surface area (TPSA) is 444 Å². The number of ether oxygens (including phenoxy) is 5. The lowest BCUT2D eigenvalue weighted by molar-refractivity contribution is -0.159. The first-order valence-corrected chi connectivity index (χ1v) is 42.6. The molecule has 7 aromatic rings. The zero-order valence-electron chi connectivity index (χ0n) is 74.2. The van der Waals surface area contributed by atoms with Crippen molar-refractivity contribution in [3.05, 3.63) is 220 Å². The van der Waals surface area contributed by atoms with E-state index in [9.17, 15) is 18.3 Å². The average Bonchev–Trinajstić information content (AvgIpc) is 1.59. The number of alkyl halides is 3. The number of benzene rings is 6. The van der Waals surface area contributed by atoms with Crippen LogP contribution in [0.5, 0.6) is 23.0 Å². The monoisotopic (exact) mass is 1750 g/mol. The third kappa shape index (κ3) is 79.7. The number of phenols is 1. The minimum absolute atomic E-state index is 0.00424. The SMILES string of the molecule is C#CCO.C#Cc1ccc(CO)cc1.CC(C)=CC1C(O)C1(C)C.CCNCCCCO.CCO.CN(C)c1cccc(CO)c1.CO.COc1ccc(CO)cc1.COc1ccc(OC)c(CO)c1.C[Si](C)(C)C#CCO.NCCOCCO.OCC(F)(F)F.OCC1CCCO1.OCc1ccc(O)cc1.OCc1ccccc1.OCc1ccco1. The van der Waals surface area contributed by atoms with Gasteiger partial charge in [-0.1, -0.05) is 149 Å². The smallest absolute Gasteiger partial charge is 0.411 e. The van der Waals surface area contributed by atoms with Gasteiger partial charge in [-0.05, 0) is 166 Å². The molecule has 2 heterocycles. The fraction of sp³-hybridized carbons (Fsp3) is 0.478. The molecule has 30 heteroatoms. The number of halogens is 3. The molecule has 2 fully saturated rings. The number of methoxy groups -OCH3 is 3. The van der Waals surface area contributed by atoms with Crippen molar-refractivity contribution < 1.29 is 128 Å². The molecule has 20 N–H and O–H groups in total. The summed E-state index contributed by atoms with van der Waals surface area (Å²) in [7, 11) is 8.54. The van der Waals surface area contributed by atoms with Crippen LogP contribution in [0, 0.1) is 47.5 Å². The van der Waals surface area contributed by atoms with Crippen molar-refractivity contribution in [3.63, 3.8) is 0 Å². The summed E-state index contributed by atoms with van der Waals surface area (Å²) in [6, 6.07) is 47.1. The molecule has 1 aliphatic heterocycles. The van der Waals surface area contributed by atoms with Crippen LogP contribution in [0.25, 0.3) is 0 Å². The Hall–Kier alpha value is -8.77. The first kappa shape index (κ1) is 126. The molecule has 26 nitrogen and oxygen atoms in total. The lowest BCUT2D eigenvalue weighted by Gasteiger charge is -2.12. The number of aliphatic hydroxyl groups excluding tert-OH is 16. The van der Waals surface area contributed by atoms with Gasteiger partial charge in [0.2, 0.25) is 0 Å². The maximum Gasteiger partial charge on any atom is 0.411 e. The van der Waals surface area contributed by atoms with Crippen molar-refractivity contribution in [3.8, 4) is 59.1 Å². The highest BCUT2D eigenvalue weighted by Crippen LogP contribution is 2.53. The highest BCUT2D eigenvalue weighted by molar-refractivity contribution is 6.83. The first-order chi connectivity index (χ1) is 58.1. The van der Waals surface area contributed by atoms with Gasteiger partial charge >= 0.3 is 6.18 Å². The van der Waals surface area contributed by atoms with Gasteiger partial charge < -0.3 is 131 Å². The van der Waals surface area contributed by atoms with Gasteiger partial charge in [-0.15, -0.1) is 18.4 Å². The molecule has 3 atom stereocenters. The summed E-state index contributed by atoms with van der Waals surface area (Å²) < 4.78 is 61.1. The standard InChI is InChI=1S/C9H13NO.C9H12O3.C9H16O.C9H8O.C8H10O2.C7H8O2.C7H8O.C6H15NO.C6H12OSi.C5H10O2.C5H6O2.C4H11NO2.C3H4O.C2H3F3O.C2H6O.CH4O/c1-10(2)9-5-3-4-8(6-9)7-11;1-11-8-3-4-9(12-2)7(5-8)6-10;1-6(2)5-7-8(10)9(7,3)4;1-2-8-3-5-9(7-10)6-4-8;1-10-8-4-2-7(6-9)3-5-8;8-5-6-1-3-7(9)4-2-6;8-6-7-4-2-1-3-5-7;1-2-7-5-3-4-6-8;1-8(2,3)6-4-5-7;2*6-4-5-2-1-3-7-5;5-1-3-7-4-2-6;1-2-3-4;3-2(4,5)1-6;1-2-3;1-2/h3-6,11H,7H2,1-2H3;3-5,10H,6H2,1-2H3;5,7-8,10H,1-4H3;1,3-6,10H,7H2;2-5,9H,6H2,1H3;1-4,8-9H,5H2;1-5,8H,6H2;7-8H,2-6H2,1H3;7H,5H2,1-3H3;5-6H,1-4H2;1-3,6H,4H2;6H,1-5H2;1,4H,3H2;6H,1H2;3H,2H2,1H3;2H,1H3. The number of aromatic hydroxyl groups is 1. The molecule has 0 amide bonds. The van der Waals surface area contributed by atoms with Crippen LogP contribution in [-0.2, 0) is 55.7 Å². The number of phenolic OH excluding ortho intramolecular Hbond substituents is 1. The number of nitrogens with two attached hydrogens (primary N) is 1. The normalized spacial score (nSPS) is 12.6. The summed E-state index contributed by atoms with van der Waals surface area (Å²) >= 11 is 0. The molecule has 1 aliphatic carbocycles. The maximum absolute atomic E-state index is 10.5. The van der Waals surface area contributed by atoms with E-state index in [0.29, 0.717) is 43.8 Å². The van der Waals surface area contributed by atoms with Crippen LogP contribution in [0.4, 0.5) is 18.9 Å². The molecule has 1 aromatic heterocycles. The predicted molar refractivity (Wildman–Crippen MR) is 481 cm³/mol. The molecular weight excluding hydrogens is 1600 g/mol. The van der Waals surface area contributed by atoms with E-state index < -0.39 is 20.9 Å². The van der Waals surface area contributed by atoms with Gasteiger partial charge in [-0.2, -0.15) is 13.2 Å². The second-order valence-corrected chi connectivity index (χ2v) is 31.4. The predicted octanol–water partition coefficient (Wildman–Crippen LogP) is 9.69. The Morgan fingerprint density at radius 3 is 1.43 bits per heavy atom. The molecule has 692 valence electrons. The lowest BCUT2D eigenvalue weighted by atomic mass is 10.1. The number of nitrogens with one attached hydrogen (secondary N) is 1. The summed E-state index contributed by atoms with van der Waals surface area (Å²) in [6.45, 7) is 22.3. The Morgan fingerprint density at radius 1 is 0.631 bits per heavy atom. The van der Waals surface area contributed by atoms with Crippen LogP contribution in [0.1, 0.15) is 112 Å². The number of aliphatic hydroxyl groups is 16. The Bertz CT molecular complexity index is 3550. The largest absolute Gasteiger partial charge is 0.508 e. The number of hydrogen-bond acceptors (Lipinski definition) is 26. The van der Waals surface area contributed by atoms with E-state index >= 15 is 0 Å². The fourth-order valence-corrected chi connectivity index (χ4v) is 8.77. The van der Waals surface area contributed by atoms with Crippen molar-refractivity contribution in [1.82, 2.24) is 5.32 Å². The third-order valence-electron chi connectivity index (χ3n) is 14.7. The van der Waals surface area contributed by atoms with E-state index in [2.05, 4.69) is 89.5 Å². The Labute approximate surface area is 725 Å². The van der Waals surface area contributed by atoms with Crippen LogP contribution in [-0.4, -0.2) is 242 Å². The van der Waals surface area contributed by atoms with Gasteiger partial charge in [0.25, 0.3) is 0 Å². The molecule has 0 bridgehead atoms. The zero-order chi connectivity index (χ0) is 94.4. The Kier molecular flexibility index (Phi) is 90.3. The molecule has 3 unspecified atom stereocenters. The quantitative estimate of drug-likeness (QED) is 0.0130. The number of nitrogens with zero attached hydrogens (tertiary/aromatic N) is 1. The zero-order valence-corrected chi connectivity index (χ0v) is 75.2. The van der Waals surface area contributed by atoms with Crippen LogP contribution >= 0.6 is 0 Å². The van der Waals surface area contributed by atoms with E-state index in [-0.39, 0.29) is 103 Å². The molecular formula is C92H146F3N3O23Si. The molecule has 0 radical (unpaired) electrons. The van der Waals surface area contributed by atoms with Crippen molar-refractivity contribution in [2.75, 3.05) is 133 Å². The number of furan rings is 1. The van der Waals surface area contributed by atoms with Crippen LogP contribution in [0.3, 0.4) is 0 Å². The third-order valence-corrected chi connectivity index (χ3v) is 15.6. The molecule has 2 aliphatic rings. The van der Waals surface area contributed by atoms with Crippen LogP contribution < -0.4 is 30.2 Å². The Balaban J connectivity index is -0.000000234. The van der Waals surface area contributed by atoms with Gasteiger partial charge in [-0.3, -0.25) is 0 Å². The second kappa shape index (κ2) is 87.1. The maximum atomic E-state index is 10.5. The number of allylic oxidation sites excluding steroid dienone is 1. The summed E-state index contributed by atoms with van der Waals surface area (Å²) in [5.41, 5.74) is 16.7. The van der Waals surface area contributed by atoms with Gasteiger partial charge in [0.05, 0.1) is 106 Å². The molecule has 6 aromatic carbocycles. The van der Waals surface area contributed by atoms with E-state index in [1.807, 2.05) is 128 Å². The molecule has 1 saturated carbocycles. The number of unbranched alkanes of at least 4 members (excludes halogenated alkanes) is 1. The highest BCUT2D eigenvalue weighted by atomic mass is 28.3. The minimum Gasteiger partial charge on any atom is -0.508 e. The number of hydrogen-bond donors (Lipinski definition) is 19.